The summed E-state index contributed by atoms with van der Waals surface area (Å²) < 4.78 is 7.48. The van der Waals surface area contributed by atoms with E-state index in [1.807, 2.05) is 24.4 Å². The molecule has 1 saturated carbocycles. The highest BCUT2D eigenvalue weighted by Crippen LogP contribution is 2.31. The van der Waals surface area contributed by atoms with Crippen LogP contribution in [0.25, 0.3) is 0 Å². The quantitative estimate of drug-likeness (QED) is 0.514. The predicted octanol–water partition coefficient (Wildman–Crippen LogP) is 4.75. The van der Waals surface area contributed by atoms with Gasteiger partial charge in [0.25, 0.3) is 0 Å². The molecular weight excluding hydrogens is 374 g/mol. The third kappa shape index (κ3) is 4.48. The Morgan fingerprint density at radius 3 is 2.67 bits per heavy atom. The van der Waals surface area contributed by atoms with Gasteiger partial charge in [0.15, 0.2) is 30.5 Å². The number of aromatic nitrogens is 1. The van der Waals surface area contributed by atoms with Crippen LogP contribution in [-0.2, 0) is 19.4 Å². The van der Waals surface area contributed by atoms with Crippen LogP contribution in [0.2, 0.25) is 0 Å². The van der Waals surface area contributed by atoms with Gasteiger partial charge < -0.3 is 4.74 Å². The number of ether oxygens (including phenoxy) is 1. The Balaban J connectivity index is 1.52. The average Bonchev–Trinajstić information content (AvgIpc) is 2.77. The van der Waals surface area contributed by atoms with Crippen LogP contribution in [0, 0.1) is 11.8 Å². The molecule has 1 fully saturated rings. The lowest BCUT2D eigenvalue weighted by Crippen LogP contribution is -2.39. The molecule has 1 heterocycles. The van der Waals surface area contributed by atoms with Crippen molar-refractivity contribution in [2.75, 3.05) is 7.11 Å². The lowest BCUT2D eigenvalue weighted by atomic mass is 9.79. The standard InChI is InChI=1S/C26H32NO3/c1-18(28)25-17-27(16-19-6-4-3-5-7-19)13-12-21(25)14-22-9-8-20-15-23(30-2)10-11-24(20)26(22)29/h10-13,15,17,19,22H,3-9,14,16H2,1-2H3/q+1. The number of aryl methyl sites for hydroxylation is 1. The smallest absolute Gasteiger partial charge is 0.179 e. The summed E-state index contributed by atoms with van der Waals surface area (Å²) in [4.78, 5) is 25.5. The van der Waals surface area contributed by atoms with Crippen molar-refractivity contribution in [1.29, 1.82) is 0 Å². The van der Waals surface area contributed by atoms with Crippen LogP contribution in [0.15, 0.2) is 36.7 Å². The van der Waals surface area contributed by atoms with Crippen molar-refractivity contribution in [3.63, 3.8) is 0 Å². The summed E-state index contributed by atoms with van der Waals surface area (Å²) in [5, 5.41) is 0. The molecule has 0 saturated heterocycles. The fraction of sp³-hybridized carbons (Fsp3) is 0.500. The number of hydrogen-bond acceptors (Lipinski definition) is 3. The summed E-state index contributed by atoms with van der Waals surface area (Å²) >= 11 is 0. The fourth-order valence-corrected chi connectivity index (χ4v) is 5.13. The summed E-state index contributed by atoms with van der Waals surface area (Å²) in [6.45, 7) is 2.62. The second kappa shape index (κ2) is 9.11. The molecule has 0 N–H and O–H groups in total. The first-order valence-electron chi connectivity index (χ1n) is 11.3. The molecule has 4 nitrogen and oxygen atoms in total. The molecule has 2 aromatic rings. The molecule has 4 heteroatoms. The number of nitrogens with zero attached hydrogens (tertiary/aromatic N) is 1. The molecule has 0 bridgehead atoms. The first kappa shape index (κ1) is 20.8. The lowest BCUT2D eigenvalue weighted by Gasteiger charge is -2.24. The van der Waals surface area contributed by atoms with Gasteiger partial charge in [-0.05, 0) is 68.4 Å². The Kier molecular flexibility index (Phi) is 6.31. The number of benzene rings is 1. The maximum absolute atomic E-state index is 13.1. The van der Waals surface area contributed by atoms with Crippen molar-refractivity contribution in [1.82, 2.24) is 0 Å². The van der Waals surface area contributed by atoms with Crippen molar-refractivity contribution in [3.8, 4) is 5.75 Å². The molecular formula is C26H32NO3+. The molecule has 2 aliphatic carbocycles. The Bertz CT molecular complexity index is 943. The van der Waals surface area contributed by atoms with E-state index in [1.54, 1.807) is 14.0 Å². The van der Waals surface area contributed by atoms with Gasteiger partial charge in [0.05, 0.1) is 12.7 Å². The van der Waals surface area contributed by atoms with Gasteiger partial charge in [0.2, 0.25) is 0 Å². The first-order chi connectivity index (χ1) is 14.5. The van der Waals surface area contributed by atoms with Crippen molar-refractivity contribution in [3.05, 3.63) is 58.9 Å². The van der Waals surface area contributed by atoms with Crippen LogP contribution < -0.4 is 9.30 Å². The predicted molar refractivity (Wildman–Crippen MR) is 116 cm³/mol. The summed E-state index contributed by atoms with van der Waals surface area (Å²) in [5.41, 5.74) is 3.64. The highest BCUT2D eigenvalue weighted by molar-refractivity contribution is 6.01. The van der Waals surface area contributed by atoms with Gasteiger partial charge in [0, 0.05) is 23.5 Å². The SMILES string of the molecule is COc1ccc2c(c1)CCC(Cc1cc[n+](CC3CCCCC3)cc1C(C)=O)C2=O. The fourth-order valence-electron chi connectivity index (χ4n) is 5.13. The normalized spacial score (nSPS) is 19.4. The van der Waals surface area contributed by atoms with Crippen LogP contribution >= 0.6 is 0 Å². The molecule has 158 valence electrons. The number of pyridine rings is 1. The number of ketones is 2. The van der Waals surface area contributed by atoms with Crippen LogP contribution in [0.3, 0.4) is 0 Å². The number of carbonyl (C=O) groups excluding carboxylic acids is 2. The Morgan fingerprint density at radius 2 is 1.93 bits per heavy atom. The van der Waals surface area contributed by atoms with Crippen LogP contribution in [0.1, 0.15) is 77.3 Å². The van der Waals surface area contributed by atoms with Gasteiger partial charge in [0.1, 0.15) is 5.75 Å². The minimum Gasteiger partial charge on any atom is -0.497 e. The molecule has 0 spiro atoms. The topological polar surface area (TPSA) is 47.2 Å². The Morgan fingerprint density at radius 1 is 1.13 bits per heavy atom. The number of Topliss-reactive ketones (excluding diaryl/α,β-unsaturated/α-hetero) is 2. The minimum absolute atomic E-state index is 0.0711. The van der Waals surface area contributed by atoms with Gasteiger partial charge in [-0.15, -0.1) is 0 Å². The van der Waals surface area contributed by atoms with E-state index in [2.05, 4.69) is 16.8 Å². The van der Waals surface area contributed by atoms with E-state index in [9.17, 15) is 9.59 Å². The lowest BCUT2D eigenvalue weighted by molar-refractivity contribution is -0.703. The van der Waals surface area contributed by atoms with Crippen molar-refractivity contribution in [2.45, 2.75) is 64.8 Å². The summed E-state index contributed by atoms with van der Waals surface area (Å²) in [6.07, 6.45) is 13.0. The second-order valence-electron chi connectivity index (χ2n) is 8.97. The number of fused-ring (bicyclic) bond motifs is 1. The van der Waals surface area contributed by atoms with Gasteiger partial charge in [-0.25, -0.2) is 4.57 Å². The van der Waals surface area contributed by atoms with Crippen LogP contribution in [-0.4, -0.2) is 18.7 Å². The zero-order valence-electron chi connectivity index (χ0n) is 18.2. The molecule has 1 atom stereocenters. The van der Waals surface area contributed by atoms with Gasteiger partial charge >= 0.3 is 0 Å². The van der Waals surface area contributed by atoms with E-state index < -0.39 is 0 Å². The maximum Gasteiger partial charge on any atom is 0.179 e. The van der Waals surface area contributed by atoms with Crippen molar-refractivity contribution in [2.24, 2.45) is 11.8 Å². The molecule has 1 aromatic heterocycles. The molecule has 4 rings (SSSR count). The molecule has 30 heavy (non-hydrogen) atoms. The maximum atomic E-state index is 13.1. The molecule has 2 aliphatic rings. The zero-order valence-corrected chi connectivity index (χ0v) is 18.2. The average molecular weight is 407 g/mol. The van der Waals surface area contributed by atoms with E-state index in [0.717, 1.165) is 47.4 Å². The molecule has 0 radical (unpaired) electrons. The van der Waals surface area contributed by atoms with E-state index >= 15 is 0 Å². The van der Waals surface area contributed by atoms with Crippen LogP contribution in [0.5, 0.6) is 5.75 Å². The van der Waals surface area contributed by atoms with E-state index in [-0.39, 0.29) is 17.5 Å². The van der Waals surface area contributed by atoms with Crippen LogP contribution in [0.4, 0.5) is 0 Å². The summed E-state index contributed by atoms with van der Waals surface area (Å²) in [6, 6.07) is 7.78. The number of rotatable bonds is 6. The monoisotopic (exact) mass is 406 g/mol. The number of hydrogen-bond donors (Lipinski definition) is 0. The molecule has 0 amide bonds. The third-order valence-corrected chi connectivity index (χ3v) is 6.86. The molecule has 1 unspecified atom stereocenters. The summed E-state index contributed by atoms with van der Waals surface area (Å²) in [7, 11) is 1.65. The number of methoxy groups -OCH3 is 1. The van der Waals surface area contributed by atoms with Gasteiger partial charge in [-0.3, -0.25) is 9.59 Å². The Hall–Kier alpha value is -2.49. The molecule has 1 aromatic carbocycles. The zero-order chi connectivity index (χ0) is 21.1. The van der Waals surface area contributed by atoms with E-state index in [4.69, 9.17) is 4.74 Å². The van der Waals surface area contributed by atoms with Crippen molar-refractivity contribution < 1.29 is 18.9 Å². The second-order valence-corrected chi connectivity index (χ2v) is 8.97. The highest BCUT2D eigenvalue weighted by Gasteiger charge is 2.29. The first-order valence-corrected chi connectivity index (χ1v) is 11.3. The number of carbonyl (C=O) groups is 2. The minimum atomic E-state index is -0.0711. The molecule has 0 aliphatic heterocycles. The third-order valence-electron chi connectivity index (χ3n) is 6.86. The van der Waals surface area contributed by atoms with E-state index in [1.165, 1.54) is 32.1 Å². The van der Waals surface area contributed by atoms with Crippen molar-refractivity contribution >= 4 is 11.6 Å². The van der Waals surface area contributed by atoms with E-state index in [0.29, 0.717) is 12.3 Å². The Labute approximate surface area is 179 Å². The summed E-state index contributed by atoms with van der Waals surface area (Å²) in [5.74, 6) is 1.70. The largest absolute Gasteiger partial charge is 0.497 e. The van der Waals surface area contributed by atoms with Gasteiger partial charge in [-0.1, -0.05) is 19.3 Å². The highest BCUT2D eigenvalue weighted by atomic mass is 16.5. The van der Waals surface area contributed by atoms with Gasteiger partial charge in [-0.2, -0.15) is 0 Å².